The standard InChI is InChI=1S/C21H26N2O6/c1-29-20-16(22-8-2-3-12(9-22)17(25)11-24)7-6-14-18(20)23(13-4-5-13)10-15(19(14)26)21(27)28/h6-7,10,12-13,17,24-25H,2-5,8-9,11H2,1H3,(H,27,28). The molecular formula is C21H26N2O6. The largest absolute Gasteiger partial charge is 0.492 e. The third kappa shape index (κ3) is 3.47. The van der Waals surface area contributed by atoms with E-state index >= 15 is 0 Å². The van der Waals surface area contributed by atoms with Crippen molar-refractivity contribution >= 4 is 22.6 Å². The van der Waals surface area contributed by atoms with Crippen molar-refractivity contribution in [2.45, 2.75) is 37.8 Å². The summed E-state index contributed by atoms with van der Waals surface area (Å²) in [7, 11) is 1.55. The molecule has 2 aliphatic rings. The zero-order valence-corrected chi connectivity index (χ0v) is 16.4. The number of carboxylic acid groups (broad SMARTS) is 1. The van der Waals surface area contributed by atoms with E-state index in [9.17, 15) is 24.9 Å². The number of hydrogen-bond acceptors (Lipinski definition) is 6. The van der Waals surface area contributed by atoms with E-state index in [1.54, 1.807) is 19.2 Å². The number of piperidine rings is 1. The summed E-state index contributed by atoms with van der Waals surface area (Å²) in [5.41, 5.74) is 0.684. The second kappa shape index (κ2) is 7.68. The summed E-state index contributed by atoms with van der Waals surface area (Å²) in [4.78, 5) is 26.4. The van der Waals surface area contributed by atoms with Crippen molar-refractivity contribution in [3.63, 3.8) is 0 Å². The van der Waals surface area contributed by atoms with Crippen LogP contribution in [0.4, 0.5) is 5.69 Å². The lowest BCUT2D eigenvalue weighted by Gasteiger charge is -2.37. The SMILES string of the molecule is COc1c(N2CCCC(C(O)CO)C2)ccc2c(=O)c(C(=O)O)cn(C3CC3)c12. The van der Waals surface area contributed by atoms with Crippen molar-refractivity contribution in [1.29, 1.82) is 0 Å². The third-order valence-electron chi connectivity index (χ3n) is 6.03. The Balaban J connectivity index is 1.87. The molecule has 1 aliphatic heterocycles. The Morgan fingerprint density at radius 2 is 2.07 bits per heavy atom. The number of fused-ring (bicyclic) bond motifs is 1. The summed E-state index contributed by atoms with van der Waals surface area (Å²) in [6.07, 6.45) is 4.23. The molecule has 0 bridgehead atoms. The Morgan fingerprint density at radius 1 is 1.31 bits per heavy atom. The van der Waals surface area contributed by atoms with Crippen LogP contribution >= 0.6 is 0 Å². The maximum Gasteiger partial charge on any atom is 0.341 e. The van der Waals surface area contributed by atoms with Crippen LogP contribution in [-0.2, 0) is 0 Å². The molecule has 1 saturated heterocycles. The molecule has 4 rings (SSSR count). The number of methoxy groups -OCH3 is 1. The fourth-order valence-corrected chi connectivity index (χ4v) is 4.34. The van der Waals surface area contributed by atoms with Crippen LogP contribution < -0.4 is 15.1 Å². The minimum absolute atomic E-state index is 0.0471. The van der Waals surface area contributed by atoms with Crippen LogP contribution in [0, 0.1) is 5.92 Å². The molecule has 2 unspecified atom stereocenters. The predicted molar refractivity (Wildman–Crippen MR) is 108 cm³/mol. The van der Waals surface area contributed by atoms with E-state index in [1.165, 1.54) is 6.20 Å². The number of aromatic nitrogens is 1. The van der Waals surface area contributed by atoms with E-state index in [1.807, 2.05) is 4.57 Å². The number of carbonyl (C=O) groups is 1. The highest BCUT2D eigenvalue weighted by Gasteiger charge is 2.31. The fraction of sp³-hybridized carbons (Fsp3) is 0.524. The molecule has 0 spiro atoms. The fourth-order valence-electron chi connectivity index (χ4n) is 4.34. The number of aliphatic hydroxyl groups excluding tert-OH is 2. The van der Waals surface area contributed by atoms with Crippen LogP contribution in [0.25, 0.3) is 10.9 Å². The quantitative estimate of drug-likeness (QED) is 0.673. The molecular weight excluding hydrogens is 376 g/mol. The molecule has 0 radical (unpaired) electrons. The lowest BCUT2D eigenvalue weighted by molar-refractivity contribution is 0.0414. The average Bonchev–Trinajstić information content (AvgIpc) is 3.57. The second-order valence-corrected chi connectivity index (χ2v) is 7.93. The van der Waals surface area contributed by atoms with Gasteiger partial charge in [-0.2, -0.15) is 0 Å². The summed E-state index contributed by atoms with van der Waals surface area (Å²) in [5, 5.41) is 29.2. The van der Waals surface area contributed by atoms with Crippen molar-refractivity contribution < 1.29 is 24.9 Å². The van der Waals surface area contributed by atoms with Crippen molar-refractivity contribution in [1.82, 2.24) is 4.57 Å². The lowest BCUT2D eigenvalue weighted by Crippen LogP contribution is -2.41. The van der Waals surface area contributed by atoms with Gasteiger partial charge in [-0.3, -0.25) is 4.79 Å². The average molecular weight is 402 g/mol. The summed E-state index contributed by atoms with van der Waals surface area (Å²) >= 11 is 0. The number of benzene rings is 1. The van der Waals surface area contributed by atoms with E-state index in [4.69, 9.17) is 4.74 Å². The van der Waals surface area contributed by atoms with Crippen LogP contribution in [0.2, 0.25) is 0 Å². The normalized spacial score (nSPS) is 20.7. The van der Waals surface area contributed by atoms with E-state index in [2.05, 4.69) is 4.90 Å². The zero-order chi connectivity index (χ0) is 20.7. The topological polar surface area (TPSA) is 112 Å². The van der Waals surface area contributed by atoms with E-state index < -0.39 is 17.5 Å². The molecule has 2 aromatic rings. The van der Waals surface area contributed by atoms with Crippen molar-refractivity contribution in [2.75, 3.05) is 31.7 Å². The van der Waals surface area contributed by atoms with Gasteiger partial charge in [-0.05, 0) is 37.8 Å². The Morgan fingerprint density at radius 3 is 2.69 bits per heavy atom. The highest BCUT2D eigenvalue weighted by Crippen LogP contribution is 2.43. The molecule has 1 aromatic carbocycles. The molecule has 2 fully saturated rings. The summed E-state index contributed by atoms with van der Waals surface area (Å²) in [6, 6.07) is 3.62. The highest BCUT2D eigenvalue weighted by atomic mass is 16.5. The first-order chi connectivity index (χ1) is 14.0. The van der Waals surface area contributed by atoms with Gasteiger partial charge in [0.2, 0.25) is 5.43 Å². The number of rotatable bonds is 6. The number of ether oxygens (including phenoxy) is 1. The predicted octanol–water partition coefficient (Wildman–Crippen LogP) is 1.61. The lowest BCUT2D eigenvalue weighted by atomic mass is 9.92. The van der Waals surface area contributed by atoms with Crippen LogP contribution in [-0.4, -0.2) is 58.8 Å². The number of pyridine rings is 1. The molecule has 156 valence electrons. The minimum Gasteiger partial charge on any atom is -0.492 e. The monoisotopic (exact) mass is 402 g/mol. The summed E-state index contributed by atoms with van der Waals surface area (Å²) in [6.45, 7) is 1.08. The van der Waals surface area contributed by atoms with Gasteiger partial charge >= 0.3 is 5.97 Å². The molecule has 0 amide bonds. The molecule has 1 aliphatic carbocycles. The minimum atomic E-state index is -1.23. The summed E-state index contributed by atoms with van der Waals surface area (Å²) < 4.78 is 7.61. The van der Waals surface area contributed by atoms with Gasteiger partial charge in [0.1, 0.15) is 5.56 Å². The maximum absolute atomic E-state index is 12.8. The number of hydrogen-bond donors (Lipinski definition) is 3. The van der Waals surface area contributed by atoms with Crippen LogP contribution in [0.3, 0.4) is 0 Å². The van der Waals surface area contributed by atoms with Gasteiger partial charge in [0.25, 0.3) is 0 Å². The Kier molecular flexibility index (Phi) is 5.23. The Bertz CT molecular complexity index is 997. The maximum atomic E-state index is 12.8. The smallest absolute Gasteiger partial charge is 0.341 e. The van der Waals surface area contributed by atoms with E-state index in [0.29, 0.717) is 23.2 Å². The van der Waals surface area contributed by atoms with Crippen molar-refractivity contribution in [3.05, 3.63) is 34.1 Å². The van der Waals surface area contributed by atoms with Gasteiger partial charge < -0.3 is 29.5 Å². The van der Waals surface area contributed by atoms with Gasteiger partial charge in [0, 0.05) is 31.2 Å². The Hall–Kier alpha value is -2.58. The van der Waals surface area contributed by atoms with Gasteiger partial charge in [0.05, 0.1) is 36.4 Å². The van der Waals surface area contributed by atoms with Crippen LogP contribution in [0.15, 0.2) is 23.1 Å². The van der Waals surface area contributed by atoms with Crippen LogP contribution in [0.5, 0.6) is 5.75 Å². The molecule has 2 atom stereocenters. The first kappa shape index (κ1) is 19.7. The van der Waals surface area contributed by atoms with Gasteiger partial charge in [-0.25, -0.2) is 4.79 Å². The zero-order valence-electron chi connectivity index (χ0n) is 16.4. The first-order valence-corrected chi connectivity index (χ1v) is 9.99. The third-order valence-corrected chi connectivity index (χ3v) is 6.03. The number of aliphatic hydroxyl groups is 2. The van der Waals surface area contributed by atoms with E-state index in [-0.39, 0.29) is 24.1 Å². The molecule has 2 heterocycles. The Labute approximate surface area is 167 Å². The van der Waals surface area contributed by atoms with Gasteiger partial charge in [0.15, 0.2) is 5.75 Å². The molecule has 29 heavy (non-hydrogen) atoms. The van der Waals surface area contributed by atoms with E-state index in [0.717, 1.165) is 37.9 Å². The molecule has 8 heteroatoms. The van der Waals surface area contributed by atoms with Crippen molar-refractivity contribution in [2.24, 2.45) is 5.92 Å². The van der Waals surface area contributed by atoms with Crippen molar-refractivity contribution in [3.8, 4) is 5.75 Å². The second-order valence-electron chi connectivity index (χ2n) is 7.93. The number of nitrogens with zero attached hydrogens (tertiary/aromatic N) is 2. The highest BCUT2D eigenvalue weighted by molar-refractivity contribution is 5.97. The summed E-state index contributed by atoms with van der Waals surface area (Å²) in [5.74, 6) is -0.733. The number of carboxylic acids is 1. The molecule has 3 N–H and O–H groups in total. The number of anilines is 1. The van der Waals surface area contributed by atoms with Gasteiger partial charge in [-0.1, -0.05) is 0 Å². The van der Waals surface area contributed by atoms with Gasteiger partial charge in [-0.15, -0.1) is 0 Å². The molecule has 8 nitrogen and oxygen atoms in total. The molecule has 1 aromatic heterocycles. The first-order valence-electron chi connectivity index (χ1n) is 9.99. The van der Waals surface area contributed by atoms with Crippen LogP contribution in [0.1, 0.15) is 42.1 Å². The molecule has 1 saturated carbocycles. The number of aromatic carboxylic acids is 1.